The number of nitrogens with one attached hydrogen (secondary N) is 2. The number of anilines is 1. The van der Waals surface area contributed by atoms with E-state index in [1.165, 1.54) is 0 Å². The van der Waals surface area contributed by atoms with E-state index in [1.807, 2.05) is 24.3 Å². The number of carbonyl (C=O) groups excluding carboxylic acids is 1. The van der Waals surface area contributed by atoms with E-state index < -0.39 is 0 Å². The van der Waals surface area contributed by atoms with Crippen LogP contribution in [0.3, 0.4) is 0 Å². The van der Waals surface area contributed by atoms with Gasteiger partial charge in [0.25, 0.3) is 0 Å². The Morgan fingerprint density at radius 1 is 1.40 bits per heavy atom. The average molecular weight is 276 g/mol. The fourth-order valence-corrected chi connectivity index (χ4v) is 2.25. The molecule has 2 N–H and O–H groups in total. The Kier molecular flexibility index (Phi) is 5.41. The Morgan fingerprint density at radius 2 is 2.20 bits per heavy atom. The van der Waals surface area contributed by atoms with Crippen molar-refractivity contribution in [1.29, 1.82) is 0 Å². The molecular weight excluding hydrogens is 252 g/mol. The van der Waals surface area contributed by atoms with Crippen molar-refractivity contribution in [3.05, 3.63) is 24.3 Å². The minimum absolute atomic E-state index is 0.0327. The van der Waals surface area contributed by atoms with Crippen LogP contribution in [0.1, 0.15) is 33.1 Å². The molecule has 20 heavy (non-hydrogen) atoms. The first-order chi connectivity index (χ1) is 9.66. The average Bonchev–Trinajstić information content (AvgIpc) is 2.47. The highest BCUT2D eigenvalue weighted by Gasteiger charge is 2.21. The largest absolute Gasteiger partial charge is 0.491 e. The maximum atomic E-state index is 12.2. The van der Waals surface area contributed by atoms with Crippen molar-refractivity contribution in [3.8, 4) is 5.75 Å². The lowest BCUT2D eigenvalue weighted by molar-refractivity contribution is -0.118. The second kappa shape index (κ2) is 7.29. The highest BCUT2D eigenvalue weighted by Crippen LogP contribution is 2.24. The molecule has 0 aromatic heterocycles. The molecule has 1 heterocycles. The number of ether oxygens (including phenoxy) is 1. The van der Waals surface area contributed by atoms with Crippen LogP contribution in [0.2, 0.25) is 0 Å². The van der Waals surface area contributed by atoms with Gasteiger partial charge in [0.15, 0.2) is 0 Å². The normalized spacial score (nSPS) is 18.9. The van der Waals surface area contributed by atoms with Crippen LogP contribution >= 0.6 is 0 Å². The fourth-order valence-electron chi connectivity index (χ4n) is 2.25. The SMILES string of the molecule is CC(C)COc1ccccc1NC(=O)[C@H]1CCCCN1. The van der Waals surface area contributed by atoms with Gasteiger partial charge in [-0.05, 0) is 37.4 Å². The van der Waals surface area contributed by atoms with Crippen LogP contribution in [0, 0.1) is 5.92 Å². The van der Waals surface area contributed by atoms with Crippen molar-refractivity contribution in [3.63, 3.8) is 0 Å². The van der Waals surface area contributed by atoms with Crippen molar-refractivity contribution in [1.82, 2.24) is 5.32 Å². The van der Waals surface area contributed by atoms with Crippen molar-refractivity contribution >= 4 is 11.6 Å². The van der Waals surface area contributed by atoms with Gasteiger partial charge in [-0.15, -0.1) is 0 Å². The zero-order chi connectivity index (χ0) is 14.4. The molecule has 1 aromatic rings. The monoisotopic (exact) mass is 276 g/mol. The van der Waals surface area contributed by atoms with Gasteiger partial charge in [0.2, 0.25) is 5.91 Å². The molecule has 0 unspecified atom stereocenters. The van der Waals surface area contributed by atoms with E-state index in [1.54, 1.807) is 0 Å². The molecular formula is C16H24N2O2. The van der Waals surface area contributed by atoms with Crippen LogP contribution in [0.25, 0.3) is 0 Å². The van der Waals surface area contributed by atoms with Gasteiger partial charge in [-0.3, -0.25) is 4.79 Å². The van der Waals surface area contributed by atoms with E-state index in [2.05, 4.69) is 24.5 Å². The molecule has 0 aliphatic carbocycles. The molecule has 4 nitrogen and oxygen atoms in total. The highest BCUT2D eigenvalue weighted by molar-refractivity contribution is 5.96. The Hall–Kier alpha value is -1.55. The van der Waals surface area contributed by atoms with E-state index in [9.17, 15) is 4.79 Å². The summed E-state index contributed by atoms with van der Waals surface area (Å²) >= 11 is 0. The zero-order valence-electron chi connectivity index (χ0n) is 12.3. The van der Waals surface area contributed by atoms with Crippen LogP contribution in [-0.4, -0.2) is 25.1 Å². The van der Waals surface area contributed by atoms with Gasteiger partial charge in [0.05, 0.1) is 18.3 Å². The van der Waals surface area contributed by atoms with E-state index in [4.69, 9.17) is 4.74 Å². The fraction of sp³-hybridized carbons (Fsp3) is 0.562. The molecule has 0 bridgehead atoms. The predicted molar refractivity (Wildman–Crippen MR) is 81.0 cm³/mol. The standard InChI is InChI=1S/C16H24N2O2/c1-12(2)11-20-15-9-4-3-7-13(15)18-16(19)14-8-5-6-10-17-14/h3-4,7,9,12,14,17H,5-6,8,10-11H2,1-2H3,(H,18,19)/t14-/m1/s1. The second-order valence-corrected chi connectivity index (χ2v) is 5.69. The first-order valence-electron chi connectivity index (χ1n) is 7.43. The maximum absolute atomic E-state index is 12.2. The number of carbonyl (C=O) groups is 1. The molecule has 0 radical (unpaired) electrons. The van der Waals surface area contributed by atoms with E-state index in [-0.39, 0.29) is 11.9 Å². The van der Waals surface area contributed by atoms with Crippen molar-refractivity contribution < 1.29 is 9.53 Å². The van der Waals surface area contributed by atoms with Gasteiger partial charge < -0.3 is 15.4 Å². The number of benzene rings is 1. The molecule has 4 heteroatoms. The van der Waals surface area contributed by atoms with Crippen molar-refractivity contribution in [2.24, 2.45) is 5.92 Å². The second-order valence-electron chi connectivity index (χ2n) is 5.69. The molecule has 0 saturated carbocycles. The number of hydrogen-bond donors (Lipinski definition) is 2. The van der Waals surface area contributed by atoms with Gasteiger partial charge in [-0.25, -0.2) is 0 Å². The molecule has 1 aromatic carbocycles. The first-order valence-corrected chi connectivity index (χ1v) is 7.43. The molecule has 1 aliphatic rings. The summed E-state index contributed by atoms with van der Waals surface area (Å²) < 4.78 is 5.75. The number of hydrogen-bond acceptors (Lipinski definition) is 3. The molecule has 1 atom stereocenters. The van der Waals surface area contributed by atoms with E-state index in [0.29, 0.717) is 12.5 Å². The van der Waals surface area contributed by atoms with Gasteiger partial charge in [-0.2, -0.15) is 0 Å². The van der Waals surface area contributed by atoms with Crippen LogP contribution < -0.4 is 15.4 Å². The van der Waals surface area contributed by atoms with Gasteiger partial charge in [0.1, 0.15) is 5.75 Å². The Bertz CT molecular complexity index is 440. The number of piperidine rings is 1. The molecule has 1 amide bonds. The number of rotatable bonds is 5. The predicted octanol–water partition coefficient (Wildman–Crippen LogP) is 2.80. The van der Waals surface area contributed by atoms with Crippen molar-refractivity contribution in [2.75, 3.05) is 18.5 Å². The maximum Gasteiger partial charge on any atom is 0.241 e. The van der Waals surface area contributed by atoms with Crippen LogP contribution in [0.5, 0.6) is 5.75 Å². The summed E-state index contributed by atoms with van der Waals surface area (Å²) in [6.07, 6.45) is 3.16. The zero-order valence-corrected chi connectivity index (χ0v) is 12.3. The van der Waals surface area contributed by atoms with E-state index in [0.717, 1.165) is 37.2 Å². The summed E-state index contributed by atoms with van der Waals surface area (Å²) in [4.78, 5) is 12.2. The Balaban J connectivity index is 1.98. The Morgan fingerprint density at radius 3 is 2.90 bits per heavy atom. The number of amides is 1. The lowest BCUT2D eigenvalue weighted by atomic mass is 10.0. The van der Waals surface area contributed by atoms with Gasteiger partial charge >= 0.3 is 0 Å². The summed E-state index contributed by atoms with van der Waals surface area (Å²) in [5.41, 5.74) is 0.755. The third kappa shape index (κ3) is 4.23. The third-order valence-electron chi connectivity index (χ3n) is 3.34. The van der Waals surface area contributed by atoms with Gasteiger partial charge in [0, 0.05) is 0 Å². The lowest BCUT2D eigenvalue weighted by Gasteiger charge is -2.23. The van der Waals surface area contributed by atoms with Crippen LogP contribution in [-0.2, 0) is 4.79 Å². The minimum Gasteiger partial charge on any atom is -0.491 e. The molecule has 2 rings (SSSR count). The van der Waals surface area contributed by atoms with Crippen molar-refractivity contribution in [2.45, 2.75) is 39.2 Å². The highest BCUT2D eigenvalue weighted by atomic mass is 16.5. The summed E-state index contributed by atoms with van der Waals surface area (Å²) in [5, 5.41) is 6.23. The summed E-state index contributed by atoms with van der Waals surface area (Å²) in [6.45, 7) is 5.78. The minimum atomic E-state index is -0.0816. The molecule has 1 saturated heterocycles. The quantitative estimate of drug-likeness (QED) is 0.869. The first kappa shape index (κ1) is 14.9. The third-order valence-corrected chi connectivity index (χ3v) is 3.34. The molecule has 0 spiro atoms. The summed E-state index contributed by atoms with van der Waals surface area (Å²) in [7, 11) is 0. The molecule has 110 valence electrons. The topological polar surface area (TPSA) is 50.4 Å². The van der Waals surface area contributed by atoms with Crippen LogP contribution in [0.4, 0.5) is 5.69 Å². The lowest BCUT2D eigenvalue weighted by Crippen LogP contribution is -2.43. The van der Waals surface area contributed by atoms with Crippen LogP contribution in [0.15, 0.2) is 24.3 Å². The Labute approximate surface area is 120 Å². The number of para-hydroxylation sites is 2. The molecule has 1 fully saturated rings. The molecule has 1 aliphatic heterocycles. The van der Waals surface area contributed by atoms with E-state index >= 15 is 0 Å². The van der Waals surface area contributed by atoms with Gasteiger partial charge in [-0.1, -0.05) is 32.4 Å². The smallest absolute Gasteiger partial charge is 0.241 e. The summed E-state index contributed by atoms with van der Waals surface area (Å²) in [6, 6.07) is 7.53. The summed E-state index contributed by atoms with van der Waals surface area (Å²) in [5.74, 6) is 1.23.